The molecule has 1 aromatic rings. The highest BCUT2D eigenvalue weighted by atomic mass is 16.5. The molecule has 0 spiro atoms. The summed E-state index contributed by atoms with van der Waals surface area (Å²) in [5, 5.41) is 17.9. The SMILES string of the molecule is OB(O)c1ccc(OCCOC2CCCC2)cc1. The zero-order valence-electron chi connectivity index (χ0n) is 10.4. The van der Waals surface area contributed by atoms with Crippen LogP contribution in [0.2, 0.25) is 0 Å². The minimum atomic E-state index is -1.43. The average molecular weight is 250 g/mol. The molecule has 1 saturated carbocycles. The van der Waals surface area contributed by atoms with Crippen LogP contribution in [0.5, 0.6) is 5.75 Å². The van der Waals surface area contributed by atoms with Gasteiger partial charge in [0, 0.05) is 0 Å². The molecule has 0 amide bonds. The number of hydrogen-bond donors (Lipinski definition) is 2. The Bertz CT molecular complexity index is 347. The van der Waals surface area contributed by atoms with Crippen molar-refractivity contribution in [3.05, 3.63) is 24.3 Å². The first-order valence-electron chi connectivity index (χ1n) is 6.46. The largest absolute Gasteiger partial charge is 0.491 e. The first-order valence-corrected chi connectivity index (χ1v) is 6.46. The molecule has 0 saturated heterocycles. The molecular weight excluding hydrogens is 231 g/mol. The van der Waals surface area contributed by atoms with Crippen molar-refractivity contribution >= 4 is 12.6 Å². The van der Waals surface area contributed by atoms with Gasteiger partial charge in [0.05, 0.1) is 12.7 Å². The van der Waals surface area contributed by atoms with Crippen molar-refractivity contribution in [3.63, 3.8) is 0 Å². The van der Waals surface area contributed by atoms with Crippen LogP contribution in [0.3, 0.4) is 0 Å². The lowest BCUT2D eigenvalue weighted by molar-refractivity contribution is 0.0382. The Kier molecular flexibility index (Phi) is 5.05. The zero-order valence-corrected chi connectivity index (χ0v) is 10.4. The molecule has 1 aliphatic carbocycles. The Morgan fingerprint density at radius 1 is 1.06 bits per heavy atom. The topological polar surface area (TPSA) is 58.9 Å². The van der Waals surface area contributed by atoms with Crippen molar-refractivity contribution in [2.75, 3.05) is 13.2 Å². The molecule has 98 valence electrons. The Morgan fingerprint density at radius 3 is 2.33 bits per heavy atom. The zero-order chi connectivity index (χ0) is 12.8. The second-order valence-corrected chi connectivity index (χ2v) is 4.57. The summed E-state index contributed by atoms with van der Waals surface area (Å²) in [6.45, 7) is 1.13. The van der Waals surface area contributed by atoms with Crippen LogP contribution in [0.4, 0.5) is 0 Å². The molecule has 2 rings (SSSR count). The number of rotatable bonds is 6. The van der Waals surface area contributed by atoms with E-state index in [-0.39, 0.29) is 0 Å². The molecule has 0 atom stereocenters. The lowest BCUT2D eigenvalue weighted by Crippen LogP contribution is -2.29. The summed E-state index contributed by atoms with van der Waals surface area (Å²) in [6.07, 6.45) is 5.31. The van der Waals surface area contributed by atoms with Gasteiger partial charge < -0.3 is 19.5 Å². The van der Waals surface area contributed by atoms with Crippen molar-refractivity contribution in [1.29, 1.82) is 0 Å². The van der Waals surface area contributed by atoms with Gasteiger partial charge in [-0.25, -0.2) is 0 Å². The second-order valence-electron chi connectivity index (χ2n) is 4.57. The summed E-state index contributed by atoms with van der Waals surface area (Å²) >= 11 is 0. The van der Waals surface area contributed by atoms with Crippen LogP contribution in [-0.2, 0) is 4.74 Å². The van der Waals surface area contributed by atoms with Crippen molar-refractivity contribution < 1.29 is 19.5 Å². The molecule has 0 bridgehead atoms. The van der Waals surface area contributed by atoms with E-state index in [0.29, 0.717) is 24.8 Å². The third kappa shape index (κ3) is 4.01. The second kappa shape index (κ2) is 6.78. The van der Waals surface area contributed by atoms with Crippen molar-refractivity contribution in [1.82, 2.24) is 0 Å². The predicted octanol–water partition coefficient (Wildman–Crippen LogP) is 0.704. The lowest BCUT2D eigenvalue weighted by atomic mass is 9.80. The fourth-order valence-corrected chi connectivity index (χ4v) is 2.17. The van der Waals surface area contributed by atoms with Crippen LogP contribution in [0.15, 0.2) is 24.3 Å². The summed E-state index contributed by atoms with van der Waals surface area (Å²) in [7, 11) is -1.43. The van der Waals surface area contributed by atoms with Crippen LogP contribution < -0.4 is 10.2 Å². The predicted molar refractivity (Wildman–Crippen MR) is 70.0 cm³/mol. The van der Waals surface area contributed by atoms with Crippen LogP contribution in [-0.4, -0.2) is 36.5 Å². The molecule has 0 aliphatic heterocycles. The Morgan fingerprint density at radius 2 is 1.72 bits per heavy atom. The maximum atomic E-state index is 8.94. The third-order valence-corrected chi connectivity index (χ3v) is 3.19. The van der Waals surface area contributed by atoms with E-state index in [1.54, 1.807) is 24.3 Å². The lowest BCUT2D eigenvalue weighted by Gasteiger charge is -2.12. The van der Waals surface area contributed by atoms with Crippen molar-refractivity contribution in [3.8, 4) is 5.75 Å². The van der Waals surface area contributed by atoms with Crippen LogP contribution in [0.25, 0.3) is 0 Å². The quantitative estimate of drug-likeness (QED) is 0.576. The van der Waals surface area contributed by atoms with Gasteiger partial charge in [-0.15, -0.1) is 0 Å². The van der Waals surface area contributed by atoms with E-state index in [4.69, 9.17) is 19.5 Å². The average Bonchev–Trinajstić information content (AvgIpc) is 2.88. The fraction of sp³-hybridized carbons (Fsp3) is 0.538. The summed E-state index contributed by atoms with van der Waals surface area (Å²) < 4.78 is 11.2. The smallest absolute Gasteiger partial charge is 0.488 e. The highest BCUT2D eigenvalue weighted by Gasteiger charge is 2.14. The molecule has 1 aliphatic rings. The normalized spacial score (nSPS) is 15.9. The molecule has 0 aromatic heterocycles. The summed E-state index contributed by atoms with van der Waals surface area (Å²) in [5.74, 6) is 0.717. The molecule has 0 heterocycles. The minimum Gasteiger partial charge on any atom is -0.491 e. The first kappa shape index (κ1) is 13.4. The van der Waals surface area contributed by atoms with Gasteiger partial charge in [-0.05, 0) is 30.4 Å². The van der Waals surface area contributed by atoms with Gasteiger partial charge in [0.1, 0.15) is 12.4 Å². The fourth-order valence-electron chi connectivity index (χ4n) is 2.17. The standard InChI is InChI=1S/C13H19BO4/c15-14(16)11-5-7-13(8-6-11)18-10-9-17-12-3-1-2-4-12/h5-8,12,15-16H,1-4,9-10H2. The molecule has 4 nitrogen and oxygen atoms in total. The Labute approximate surface area is 108 Å². The summed E-state index contributed by atoms with van der Waals surface area (Å²) in [5.41, 5.74) is 0.463. The molecule has 0 unspecified atom stereocenters. The van der Waals surface area contributed by atoms with Gasteiger partial charge in [0.25, 0.3) is 0 Å². The Balaban J connectivity index is 1.66. The molecule has 0 radical (unpaired) electrons. The van der Waals surface area contributed by atoms with Crippen LogP contribution in [0, 0.1) is 0 Å². The highest BCUT2D eigenvalue weighted by Crippen LogP contribution is 2.20. The monoisotopic (exact) mass is 250 g/mol. The summed E-state index contributed by atoms with van der Waals surface area (Å²) in [6, 6.07) is 6.73. The molecular formula is C13H19BO4. The first-order chi connectivity index (χ1) is 8.75. The number of ether oxygens (including phenoxy) is 2. The van der Waals surface area contributed by atoms with Gasteiger partial charge in [-0.3, -0.25) is 0 Å². The van der Waals surface area contributed by atoms with E-state index in [1.165, 1.54) is 25.7 Å². The van der Waals surface area contributed by atoms with E-state index in [2.05, 4.69) is 0 Å². The van der Waals surface area contributed by atoms with Crippen molar-refractivity contribution in [2.24, 2.45) is 0 Å². The molecule has 18 heavy (non-hydrogen) atoms. The van der Waals surface area contributed by atoms with E-state index >= 15 is 0 Å². The maximum absolute atomic E-state index is 8.94. The summed E-state index contributed by atoms with van der Waals surface area (Å²) in [4.78, 5) is 0. The minimum absolute atomic E-state index is 0.417. The highest BCUT2D eigenvalue weighted by molar-refractivity contribution is 6.58. The van der Waals surface area contributed by atoms with Gasteiger partial charge in [-0.1, -0.05) is 25.0 Å². The maximum Gasteiger partial charge on any atom is 0.488 e. The van der Waals surface area contributed by atoms with E-state index in [1.807, 2.05) is 0 Å². The third-order valence-electron chi connectivity index (χ3n) is 3.19. The molecule has 5 heteroatoms. The van der Waals surface area contributed by atoms with Crippen LogP contribution >= 0.6 is 0 Å². The number of benzene rings is 1. The Hall–Kier alpha value is -1.04. The van der Waals surface area contributed by atoms with Gasteiger partial charge >= 0.3 is 7.12 Å². The molecule has 1 fully saturated rings. The van der Waals surface area contributed by atoms with Gasteiger partial charge in [0.15, 0.2) is 0 Å². The van der Waals surface area contributed by atoms with Crippen LogP contribution in [0.1, 0.15) is 25.7 Å². The van der Waals surface area contributed by atoms with E-state index in [0.717, 1.165) is 5.75 Å². The number of hydrogen-bond acceptors (Lipinski definition) is 4. The van der Waals surface area contributed by atoms with E-state index < -0.39 is 7.12 Å². The molecule has 1 aromatic carbocycles. The van der Waals surface area contributed by atoms with E-state index in [9.17, 15) is 0 Å². The molecule has 2 N–H and O–H groups in total. The van der Waals surface area contributed by atoms with Crippen molar-refractivity contribution in [2.45, 2.75) is 31.8 Å². The van der Waals surface area contributed by atoms with Gasteiger partial charge in [-0.2, -0.15) is 0 Å². The van der Waals surface area contributed by atoms with Gasteiger partial charge in [0.2, 0.25) is 0 Å².